The maximum Gasteiger partial charge on any atom is 0.318 e. The van der Waals surface area contributed by atoms with Gasteiger partial charge in [0.25, 0.3) is 10.2 Å². The number of nitrogens with zero attached hydrogens (tertiary/aromatic N) is 2. The normalized spacial score (nSPS) is 26.2. The van der Waals surface area contributed by atoms with Crippen molar-refractivity contribution in [3.8, 4) is 0 Å². The molecule has 0 radical (unpaired) electrons. The van der Waals surface area contributed by atoms with Gasteiger partial charge in [-0.25, -0.2) is 0 Å². The third kappa shape index (κ3) is 3.32. The molecule has 1 aliphatic heterocycles. The van der Waals surface area contributed by atoms with Crippen molar-refractivity contribution in [2.24, 2.45) is 0 Å². The van der Waals surface area contributed by atoms with Gasteiger partial charge in [-0.2, -0.15) is 17.0 Å². The molecule has 1 atom stereocenters. The van der Waals surface area contributed by atoms with E-state index in [1.54, 1.807) is 0 Å². The lowest BCUT2D eigenvalue weighted by molar-refractivity contribution is -0.137. The van der Waals surface area contributed by atoms with Crippen LogP contribution in [0.2, 0.25) is 0 Å². The van der Waals surface area contributed by atoms with Crippen LogP contribution in [0.4, 0.5) is 0 Å². The Balaban J connectivity index is 2.22. The van der Waals surface area contributed by atoms with E-state index in [1.807, 2.05) is 6.92 Å². The Bertz CT molecular complexity index is 445. The summed E-state index contributed by atoms with van der Waals surface area (Å²) in [5, 5.41) is 9.05. The fourth-order valence-electron chi connectivity index (χ4n) is 3.27. The number of carboxylic acid groups (broad SMARTS) is 1. The smallest absolute Gasteiger partial charge is 0.318 e. The van der Waals surface area contributed by atoms with Crippen LogP contribution >= 0.6 is 0 Å². The van der Waals surface area contributed by atoms with E-state index in [0.717, 1.165) is 44.9 Å². The Hall–Kier alpha value is -0.660. The van der Waals surface area contributed by atoms with Crippen molar-refractivity contribution >= 4 is 16.2 Å². The molecule has 0 aromatic rings. The van der Waals surface area contributed by atoms with Crippen LogP contribution in [0, 0.1) is 0 Å². The summed E-state index contributed by atoms with van der Waals surface area (Å²) >= 11 is 0. The highest BCUT2D eigenvalue weighted by molar-refractivity contribution is 7.86. The van der Waals surface area contributed by atoms with Gasteiger partial charge in [0.2, 0.25) is 0 Å². The summed E-state index contributed by atoms with van der Waals surface area (Å²) in [5.41, 5.74) is 0. The van der Waals surface area contributed by atoms with Crippen LogP contribution in [0.25, 0.3) is 0 Å². The largest absolute Gasteiger partial charge is 0.480 e. The molecule has 1 unspecified atom stereocenters. The van der Waals surface area contributed by atoms with Gasteiger partial charge in [0.05, 0.1) is 0 Å². The fourth-order valence-corrected chi connectivity index (χ4v) is 5.32. The Morgan fingerprint density at radius 1 is 1.20 bits per heavy atom. The predicted molar refractivity (Wildman–Crippen MR) is 75.5 cm³/mol. The summed E-state index contributed by atoms with van der Waals surface area (Å²) in [4.78, 5) is 11.1. The zero-order chi connectivity index (χ0) is 14.8. The molecule has 1 heterocycles. The summed E-state index contributed by atoms with van der Waals surface area (Å²) in [5.74, 6) is -1.08. The van der Waals surface area contributed by atoms with Gasteiger partial charge in [-0.3, -0.25) is 4.79 Å². The van der Waals surface area contributed by atoms with Crippen molar-refractivity contribution < 1.29 is 18.3 Å². The molecule has 2 fully saturated rings. The van der Waals surface area contributed by atoms with Gasteiger partial charge < -0.3 is 5.11 Å². The third-order valence-electron chi connectivity index (χ3n) is 4.36. The molecular weight excluding hydrogens is 280 g/mol. The quantitative estimate of drug-likeness (QED) is 0.833. The Labute approximate surface area is 120 Å². The van der Waals surface area contributed by atoms with E-state index in [-0.39, 0.29) is 12.1 Å². The van der Waals surface area contributed by atoms with Crippen molar-refractivity contribution in [1.29, 1.82) is 0 Å². The molecule has 7 heteroatoms. The van der Waals surface area contributed by atoms with Crippen LogP contribution in [-0.4, -0.2) is 53.3 Å². The standard InChI is InChI=1S/C13H24N2O4S/c1-11-6-4-5-9-14(11)20(18,19)15(10-13(16)17)12-7-2-3-8-12/h11-12H,2-10H2,1H3,(H,16,17). The molecular formula is C13H24N2O4S. The summed E-state index contributed by atoms with van der Waals surface area (Å²) in [7, 11) is -3.67. The van der Waals surface area contributed by atoms with Gasteiger partial charge in [0.15, 0.2) is 0 Å². The number of carboxylic acids is 1. The molecule has 2 aliphatic rings. The maximum atomic E-state index is 12.8. The first-order chi connectivity index (χ1) is 9.43. The van der Waals surface area contributed by atoms with Crippen molar-refractivity contribution in [1.82, 2.24) is 8.61 Å². The van der Waals surface area contributed by atoms with E-state index in [0.29, 0.717) is 6.54 Å². The van der Waals surface area contributed by atoms with Crippen molar-refractivity contribution in [3.63, 3.8) is 0 Å². The molecule has 1 N–H and O–H groups in total. The lowest BCUT2D eigenvalue weighted by atomic mass is 10.1. The minimum Gasteiger partial charge on any atom is -0.480 e. The molecule has 116 valence electrons. The molecule has 1 saturated heterocycles. The molecule has 6 nitrogen and oxygen atoms in total. The van der Waals surface area contributed by atoms with Gasteiger partial charge in [-0.05, 0) is 32.6 Å². The van der Waals surface area contributed by atoms with Crippen LogP contribution in [0.1, 0.15) is 51.9 Å². The lowest BCUT2D eigenvalue weighted by Crippen LogP contribution is -2.53. The number of hydrogen-bond donors (Lipinski definition) is 1. The van der Waals surface area contributed by atoms with Crippen molar-refractivity contribution in [3.05, 3.63) is 0 Å². The molecule has 20 heavy (non-hydrogen) atoms. The zero-order valence-electron chi connectivity index (χ0n) is 12.0. The first kappa shape index (κ1) is 15.7. The molecule has 0 bridgehead atoms. The van der Waals surface area contributed by atoms with Gasteiger partial charge >= 0.3 is 5.97 Å². The van der Waals surface area contributed by atoms with Crippen molar-refractivity contribution in [2.75, 3.05) is 13.1 Å². The van der Waals surface area contributed by atoms with Crippen LogP contribution in [0.5, 0.6) is 0 Å². The summed E-state index contributed by atoms with van der Waals surface area (Å²) in [6.45, 7) is 1.99. The van der Waals surface area contributed by atoms with Gasteiger partial charge in [-0.1, -0.05) is 19.3 Å². The molecule has 1 aliphatic carbocycles. The summed E-state index contributed by atoms with van der Waals surface area (Å²) in [6, 6.07) is -0.184. The highest BCUT2D eigenvalue weighted by Gasteiger charge is 2.39. The van der Waals surface area contributed by atoms with Crippen LogP contribution in [0.3, 0.4) is 0 Å². The highest BCUT2D eigenvalue weighted by atomic mass is 32.2. The Morgan fingerprint density at radius 2 is 1.80 bits per heavy atom. The van der Waals surface area contributed by atoms with Gasteiger partial charge in [-0.15, -0.1) is 0 Å². The Morgan fingerprint density at radius 3 is 2.35 bits per heavy atom. The number of aliphatic carboxylic acids is 1. The number of hydrogen-bond acceptors (Lipinski definition) is 3. The molecule has 2 rings (SSSR count). The topological polar surface area (TPSA) is 77.9 Å². The highest BCUT2D eigenvalue weighted by Crippen LogP contribution is 2.29. The van der Waals surface area contributed by atoms with E-state index in [4.69, 9.17) is 5.11 Å². The van der Waals surface area contributed by atoms with E-state index in [2.05, 4.69) is 0 Å². The van der Waals surface area contributed by atoms with E-state index < -0.39 is 22.7 Å². The molecule has 0 spiro atoms. The second-order valence-corrected chi connectivity index (χ2v) is 7.67. The van der Waals surface area contributed by atoms with Gasteiger partial charge in [0, 0.05) is 18.6 Å². The molecule has 0 amide bonds. The zero-order valence-corrected chi connectivity index (χ0v) is 12.8. The van der Waals surface area contributed by atoms with E-state index >= 15 is 0 Å². The SMILES string of the molecule is CC1CCCCN1S(=O)(=O)N(CC(=O)O)C1CCCC1. The van der Waals surface area contributed by atoms with Crippen LogP contribution in [-0.2, 0) is 15.0 Å². The number of piperidine rings is 1. The number of carbonyl (C=O) groups is 1. The molecule has 0 aromatic heterocycles. The fraction of sp³-hybridized carbons (Fsp3) is 0.923. The minimum absolute atomic E-state index is 0.0357. The first-order valence-corrected chi connectivity index (χ1v) is 8.83. The second-order valence-electron chi connectivity index (χ2n) is 5.84. The van der Waals surface area contributed by atoms with Gasteiger partial charge in [0.1, 0.15) is 6.54 Å². The molecule has 1 saturated carbocycles. The summed E-state index contributed by atoms with van der Waals surface area (Å²) < 4.78 is 28.3. The second kappa shape index (κ2) is 6.41. The summed E-state index contributed by atoms with van der Waals surface area (Å²) in [6.07, 6.45) is 6.25. The monoisotopic (exact) mass is 304 g/mol. The maximum absolute atomic E-state index is 12.8. The number of rotatable bonds is 5. The third-order valence-corrected chi connectivity index (χ3v) is 6.51. The minimum atomic E-state index is -3.67. The molecule has 0 aromatic carbocycles. The Kier molecular flexibility index (Phi) is 5.04. The first-order valence-electron chi connectivity index (χ1n) is 7.43. The average Bonchev–Trinajstić information content (AvgIpc) is 2.89. The van der Waals surface area contributed by atoms with Crippen molar-refractivity contribution in [2.45, 2.75) is 64.0 Å². The predicted octanol–water partition coefficient (Wildman–Crippen LogP) is 1.43. The van der Waals surface area contributed by atoms with E-state index in [9.17, 15) is 13.2 Å². The van der Waals surface area contributed by atoms with Crippen LogP contribution in [0.15, 0.2) is 0 Å². The van der Waals surface area contributed by atoms with E-state index in [1.165, 1.54) is 8.61 Å². The lowest BCUT2D eigenvalue weighted by Gasteiger charge is -2.38. The average molecular weight is 304 g/mol. The van der Waals surface area contributed by atoms with Crippen LogP contribution < -0.4 is 0 Å².